The van der Waals surface area contributed by atoms with E-state index in [-0.39, 0.29) is 24.3 Å². The van der Waals surface area contributed by atoms with Crippen molar-refractivity contribution in [2.75, 3.05) is 13.2 Å². The van der Waals surface area contributed by atoms with Crippen molar-refractivity contribution in [1.29, 1.82) is 0 Å². The van der Waals surface area contributed by atoms with Crippen LogP contribution in [0.5, 0.6) is 17.2 Å². The molecule has 0 aromatic heterocycles. The fraction of sp³-hybridized carbons (Fsp3) is 0.417. The molecule has 98 valence electrons. The van der Waals surface area contributed by atoms with Gasteiger partial charge in [0.05, 0.1) is 0 Å². The second kappa shape index (κ2) is 5.14. The van der Waals surface area contributed by atoms with Crippen LogP contribution in [0.25, 0.3) is 0 Å². The van der Waals surface area contributed by atoms with Crippen molar-refractivity contribution in [3.05, 3.63) is 17.7 Å². The Hall–Kier alpha value is -1.95. The van der Waals surface area contributed by atoms with Gasteiger partial charge in [-0.1, -0.05) is 0 Å². The maximum atomic E-state index is 10.5. The third-order valence-corrected chi connectivity index (χ3v) is 2.78. The van der Waals surface area contributed by atoms with Gasteiger partial charge >= 0.3 is 5.97 Å². The number of carbonyl (C=O) groups is 1. The molecule has 1 aromatic carbocycles. The number of phenols is 1. The van der Waals surface area contributed by atoms with Crippen LogP contribution in [0.3, 0.4) is 0 Å². The molecule has 4 N–H and O–H groups in total. The fourth-order valence-corrected chi connectivity index (χ4v) is 1.85. The second-order valence-corrected chi connectivity index (χ2v) is 4.07. The van der Waals surface area contributed by atoms with Crippen LogP contribution in [0.4, 0.5) is 0 Å². The zero-order chi connectivity index (χ0) is 13.1. The van der Waals surface area contributed by atoms with Crippen LogP contribution in [-0.2, 0) is 4.79 Å². The van der Waals surface area contributed by atoms with E-state index >= 15 is 0 Å². The lowest BCUT2D eigenvalue weighted by Gasteiger charge is -2.22. The molecule has 1 atom stereocenters. The first-order chi connectivity index (χ1) is 8.59. The zero-order valence-electron chi connectivity index (χ0n) is 9.76. The van der Waals surface area contributed by atoms with E-state index in [4.69, 9.17) is 20.3 Å². The van der Waals surface area contributed by atoms with E-state index in [1.165, 1.54) is 0 Å². The number of hydrogen-bond acceptors (Lipinski definition) is 5. The van der Waals surface area contributed by atoms with E-state index in [9.17, 15) is 9.90 Å². The number of aromatic hydroxyl groups is 1. The summed E-state index contributed by atoms with van der Waals surface area (Å²) < 4.78 is 10.6. The molecule has 2 rings (SSSR count). The predicted octanol–water partition coefficient (Wildman–Crippen LogP) is 1.03. The van der Waals surface area contributed by atoms with Gasteiger partial charge in [0.2, 0.25) is 5.75 Å². The first-order valence-corrected chi connectivity index (χ1v) is 5.68. The number of rotatable bonds is 4. The van der Waals surface area contributed by atoms with Crippen molar-refractivity contribution in [2.45, 2.75) is 18.9 Å². The molecule has 0 saturated carbocycles. The third-order valence-electron chi connectivity index (χ3n) is 2.78. The summed E-state index contributed by atoms with van der Waals surface area (Å²) >= 11 is 0. The van der Waals surface area contributed by atoms with Gasteiger partial charge in [-0.3, -0.25) is 4.79 Å². The molecular formula is C12H15NO5. The summed E-state index contributed by atoms with van der Waals surface area (Å²) in [5.41, 5.74) is 6.33. The molecule has 0 fully saturated rings. The standard InChI is InChI=1S/C12H15NO5/c13-8(2-4-10(14)15)7-1-3-9-12(11(7)16)18-6-5-17-9/h1,3,8,16H,2,4-6,13H2,(H,14,15). The molecule has 6 heteroatoms. The monoisotopic (exact) mass is 253 g/mol. The minimum atomic E-state index is -0.914. The smallest absolute Gasteiger partial charge is 0.303 e. The molecule has 0 saturated heterocycles. The molecule has 1 aliphatic rings. The molecule has 0 aliphatic carbocycles. The Balaban J connectivity index is 2.20. The third kappa shape index (κ3) is 2.48. The Morgan fingerprint density at radius 2 is 2.11 bits per heavy atom. The minimum absolute atomic E-state index is 0.0466. The molecule has 0 amide bonds. The Labute approximate surface area is 104 Å². The minimum Gasteiger partial charge on any atom is -0.504 e. The molecule has 0 spiro atoms. The van der Waals surface area contributed by atoms with Gasteiger partial charge in [-0.05, 0) is 18.6 Å². The van der Waals surface area contributed by atoms with E-state index in [2.05, 4.69) is 0 Å². The van der Waals surface area contributed by atoms with Crippen LogP contribution in [0.15, 0.2) is 12.1 Å². The van der Waals surface area contributed by atoms with E-state index in [1.54, 1.807) is 12.1 Å². The number of ether oxygens (including phenoxy) is 2. The van der Waals surface area contributed by atoms with E-state index in [0.29, 0.717) is 24.5 Å². The average Bonchev–Trinajstić information content (AvgIpc) is 2.37. The van der Waals surface area contributed by atoms with Gasteiger partial charge < -0.3 is 25.4 Å². The normalized spacial score (nSPS) is 15.2. The lowest BCUT2D eigenvalue weighted by Crippen LogP contribution is -2.17. The number of carboxylic acid groups (broad SMARTS) is 1. The number of phenolic OH excluding ortho intramolecular Hbond substituents is 1. The van der Waals surface area contributed by atoms with Gasteiger partial charge in [-0.15, -0.1) is 0 Å². The van der Waals surface area contributed by atoms with Crippen LogP contribution in [0, 0.1) is 0 Å². The maximum Gasteiger partial charge on any atom is 0.303 e. The molecule has 1 heterocycles. The van der Waals surface area contributed by atoms with Crippen molar-refractivity contribution in [2.24, 2.45) is 5.73 Å². The van der Waals surface area contributed by atoms with Crippen LogP contribution >= 0.6 is 0 Å². The Bertz CT molecular complexity index is 460. The average molecular weight is 253 g/mol. The molecule has 0 bridgehead atoms. The highest BCUT2D eigenvalue weighted by Crippen LogP contribution is 2.43. The van der Waals surface area contributed by atoms with Crippen molar-refractivity contribution in [3.63, 3.8) is 0 Å². The zero-order valence-corrected chi connectivity index (χ0v) is 9.76. The SMILES string of the molecule is NC(CCC(=O)O)c1ccc2c(c1O)OCCO2. The number of benzene rings is 1. The number of aliphatic carboxylic acids is 1. The second-order valence-electron chi connectivity index (χ2n) is 4.07. The largest absolute Gasteiger partial charge is 0.504 e. The highest BCUT2D eigenvalue weighted by molar-refractivity contribution is 5.66. The number of fused-ring (bicyclic) bond motifs is 1. The van der Waals surface area contributed by atoms with E-state index in [1.807, 2.05) is 0 Å². The van der Waals surface area contributed by atoms with Gasteiger partial charge in [0.15, 0.2) is 11.5 Å². The first kappa shape index (κ1) is 12.5. The molecular weight excluding hydrogens is 238 g/mol. The number of nitrogens with two attached hydrogens (primary N) is 1. The summed E-state index contributed by atoms with van der Waals surface area (Å²) in [5.74, 6) is -0.218. The lowest BCUT2D eigenvalue weighted by atomic mass is 10.0. The Morgan fingerprint density at radius 3 is 2.83 bits per heavy atom. The lowest BCUT2D eigenvalue weighted by molar-refractivity contribution is -0.137. The van der Waals surface area contributed by atoms with Crippen LogP contribution in [0.1, 0.15) is 24.4 Å². The molecule has 18 heavy (non-hydrogen) atoms. The number of carboxylic acids is 1. The highest BCUT2D eigenvalue weighted by Gasteiger charge is 2.22. The molecule has 0 radical (unpaired) electrons. The van der Waals surface area contributed by atoms with Crippen molar-refractivity contribution < 1.29 is 24.5 Å². The van der Waals surface area contributed by atoms with Crippen LogP contribution in [0.2, 0.25) is 0 Å². The molecule has 1 aliphatic heterocycles. The van der Waals surface area contributed by atoms with E-state index < -0.39 is 12.0 Å². The van der Waals surface area contributed by atoms with Gasteiger partial charge in [0.1, 0.15) is 13.2 Å². The van der Waals surface area contributed by atoms with E-state index in [0.717, 1.165) is 0 Å². The summed E-state index contributed by atoms with van der Waals surface area (Å²) in [5, 5.41) is 18.6. The van der Waals surface area contributed by atoms with Crippen molar-refractivity contribution >= 4 is 5.97 Å². The van der Waals surface area contributed by atoms with Gasteiger partial charge in [0, 0.05) is 18.0 Å². The summed E-state index contributed by atoms with van der Waals surface area (Å²) in [4.78, 5) is 10.5. The van der Waals surface area contributed by atoms with Gasteiger partial charge in [-0.2, -0.15) is 0 Å². The topological polar surface area (TPSA) is 102 Å². The summed E-state index contributed by atoms with van der Waals surface area (Å²) in [6.07, 6.45) is 0.206. The summed E-state index contributed by atoms with van der Waals surface area (Å²) in [6, 6.07) is 2.76. The van der Waals surface area contributed by atoms with Crippen LogP contribution in [-0.4, -0.2) is 29.4 Å². The maximum absolute atomic E-state index is 10.5. The van der Waals surface area contributed by atoms with Crippen molar-refractivity contribution in [3.8, 4) is 17.2 Å². The van der Waals surface area contributed by atoms with Gasteiger partial charge in [-0.25, -0.2) is 0 Å². The summed E-state index contributed by atoms with van der Waals surface area (Å²) in [6.45, 7) is 0.811. The molecule has 6 nitrogen and oxygen atoms in total. The molecule has 1 unspecified atom stereocenters. The Morgan fingerprint density at radius 1 is 1.39 bits per heavy atom. The van der Waals surface area contributed by atoms with Crippen LogP contribution < -0.4 is 15.2 Å². The number of hydrogen-bond donors (Lipinski definition) is 3. The summed E-state index contributed by atoms with van der Waals surface area (Å²) in [7, 11) is 0. The highest BCUT2D eigenvalue weighted by atomic mass is 16.6. The first-order valence-electron chi connectivity index (χ1n) is 5.68. The van der Waals surface area contributed by atoms with Crippen molar-refractivity contribution in [1.82, 2.24) is 0 Å². The molecule has 1 aromatic rings. The predicted molar refractivity (Wildman–Crippen MR) is 62.9 cm³/mol. The van der Waals surface area contributed by atoms with Gasteiger partial charge in [0.25, 0.3) is 0 Å². The Kier molecular flexibility index (Phi) is 3.57. The quantitative estimate of drug-likeness (QED) is 0.740. The fourth-order valence-electron chi connectivity index (χ4n) is 1.85.